The third kappa shape index (κ3) is 3.12. The fourth-order valence-corrected chi connectivity index (χ4v) is 3.94. The van der Waals surface area contributed by atoms with E-state index in [-0.39, 0.29) is 17.1 Å². The molecule has 24 heavy (non-hydrogen) atoms. The van der Waals surface area contributed by atoms with E-state index in [4.69, 9.17) is 0 Å². The molecule has 1 nitrogen and oxygen atoms in total. The zero-order chi connectivity index (χ0) is 17.3. The smallest absolute Gasteiger partial charge is 0.189 e. The Balaban J connectivity index is 2.10. The second-order valence-corrected chi connectivity index (χ2v) is 8.00. The summed E-state index contributed by atoms with van der Waals surface area (Å²) in [7, 11) is 0. The van der Waals surface area contributed by atoms with Crippen LogP contribution < -0.4 is 0 Å². The second kappa shape index (κ2) is 6.68. The quantitative estimate of drug-likeness (QED) is 0.594. The van der Waals surface area contributed by atoms with E-state index in [0.717, 1.165) is 34.0 Å². The van der Waals surface area contributed by atoms with E-state index in [0.29, 0.717) is 0 Å². The summed E-state index contributed by atoms with van der Waals surface area (Å²) in [4.78, 5) is 13.2. The first-order chi connectivity index (χ1) is 11.4. The van der Waals surface area contributed by atoms with Gasteiger partial charge in [0.25, 0.3) is 0 Å². The molecule has 0 saturated heterocycles. The highest BCUT2D eigenvalue weighted by Gasteiger charge is 2.34. The third-order valence-corrected chi connectivity index (χ3v) is 5.40. The van der Waals surface area contributed by atoms with Gasteiger partial charge >= 0.3 is 0 Å². The summed E-state index contributed by atoms with van der Waals surface area (Å²) in [5, 5.41) is 0. The normalized spacial score (nSPS) is 17.2. The lowest BCUT2D eigenvalue weighted by Gasteiger charge is -2.33. The first-order valence-electron chi connectivity index (χ1n) is 8.56. The number of halogens is 1. The van der Waals surface area contributed by atoms with E-state index in [1.807, 2.05) is 18.2 Å². The molecule has 2 aromatic rings. The molecule has 0 amide bonds. The van der Waals surface area contributed by atoms with Crippen molar-refractivity contribution in [1.29, 1.82) is 0 Å². The minimum Gasteiger partial charge on any atom is -0.289 e. The summed E-state index contributed by atoms with van der Waals surface area (Å²) in [5.74, 6) is 0.342. The van der Waals surface area contributed by atoms with Crippen molar-refractivity contribution in [3.05, 3.63) is 81.3 Å². The summed E-state index contributed by atoms with van der Waals surface area (Å²) >= 11 is 3.50. The van der Waals surface area contributed by atoms with Crippen LogP contribution in [0.4, 0.5) is 0 Å². The number of rotatable bonds is 4. The van der Waals surface area contributed by atoms with E-state index in [9.17, 15) is 4.79 Å². The lowest BCUT2D eigenvalue weighted by atomic mass is 9.70. The second-order valence-electron chi connectivity index (χ2n) is 7.09. The zero-order valence-electron chi connectivity index (χ0n) is 14.5. The van der Waals surface area contributed by atoms with Gasteiger partial charge in [-0.05, 0) is 29.7 Å². The number of hydrogen-bond acceptors (Lipinski definition) is 1. The van der Waals surface area contributed by atoms with Gasteiger partial charge in [-0.2, -0.15) is 0 Å². The monoisotopic (exact) mass is 382 g/mol. The molecular weight excluding hydrogens is 360 g/mol. The highest BCUT2D eigenvalue weighted by atomic mass is 79.9. The average molecular weight is 383 g/mol. The molecule has 0 aromatic heterocycles. The van der Waals surface area contributed by atoms with E-state index in [1.165, 1.54) is 5.56 Å². The first-order valence-corrected chi connectivity index (χ1v) is 9.35. The Bertz CT molecular complexity index is 784. The number of ketones is 1. The van der Waals surface area contributed by atoms with E-state index in [1.54, 1.807) is 0 Å². The lowest BCUT2D eigenvalue weighted by Crippen LogP contribution is -2.28. The molecule has 2 heteroatoms. The lowest BCUT2D eigenvalue weighted by molar-refractivity contribution is 0.102. The van der Waals surface area contributed by atoms with Crippen LogP contribution in [0.3, 0.4) is 0 Å². The highest BCUT2D eigenvalue weighted by molar-refractivity contribution is 9.10. The van der Waals surface area contributed by atoms with Crippen LogP contribution in [-0.2, 0) is 5.41 Å². The van der Waals surface area contributed by atoms with Crippen LogP contribution in [0.2, 0.25) is 0 Å². The average Bonchev–Trinajstić information content (AvgIpc) is 2.57. The Hall–Kier alpha value is -1.67. The fourth-order valence-electron chi connectivity index (χ4n) is 3.67. The molecule has 0 spiro atoms. The molecule has 0 heterocycles. The molecule has 0 unspecified atom stereocenters. The number of hydrogen-bond donors (Lipinski definition) is 0. The minimum atomic E-state index is -0.124. The Morgan fingerprint density at radius 3 is 2.38 bits per heavy atom. The van der Waals surface area contributed by atoms with E-state index < -0.39 is 0 Å². The molecule has 2 aromatic carbocycles. The zero-order valence-corrected chi connectivity index (χ0v) is 16.1. The maximum atomic E-state index is 13.2. The van der Waals surface area contributed by atoms with Crippen LogP contribution in [-0.4, -0.2) is 5.78 Å². The van der Waals surface area contributed by atoms with Crippen LogP contribution in [0.15, 0.2) is 64.7 Å². The number of carbonyl (C=O) groups is 1. The molecule has 0 N–H and O–H groups in total. The molecule has 0 fully saturated rings. The molecule has 1 atom stereocenters. The molecule has 3 rings (SSSR count). The van der Waals surface area contributed by atoms with Gasteiger partial charge in [-0.25, -0.2) is 0 Å². The van der Waals surface area contributed by atoms with Crippen LogP contribution >= 0.6 is 15.9 Å². The molecule has 1 aliphatic rings. The molecular formula is C22H23BrO. The SMILES string of the molecule is CCC[C@H](C1=CC(C)(C)c2ccccc2C1=O)c1ccc(Br)cc1. The Morgan fingerprint density at radius 1 is 1.04 bits per heavy atom. The van der Waals surface area contributed by atoms with Crippen LogP contribution in [0.5, 0.6) is 0 Å². The van der Waals surface area contributed by atoms with Gasteiger partial charge in [0.1, 0.15) is 0 Å². The van der Waals surface area contributed by atoms with Crippen molar-refractivity contribution < 1.29 is 4.79 Å². The predicted octanol–water partition coefficient (Wildman–Crippen LogP) is 6.43. The summed E-state index contributed by atoms with van der Waals surface area (Å²) < 4.78 is 1.07. The predicted molar refractivity (Wildman–Crippen MR) is 104 cm³/mol. The molecule has 124 valence electrons. The fraction of sp³-hybridized carbons (Fsp3) is 0.318. The standard InChI is InChI=1S/C22H23BrO/c1-4-7-17(15-10-12-16(23)13-11-15)19-14-22(2,3)20-9-6-5-8-18(20)21(19)24/h5-6,8-14,17H,4,7H2,1-3H3/t17-/m0/s1. The maximum absolute atomic E-state index is 13.2. The van der Waals surface area contributed by atoms with Crippen molar-refractivity contribution in [2.45, 2.75) is 44.9 Å². The van der Waals surface area contributed by atoms with Gasteiger partial charge in [-0.15, -0.1) is 0 Å². The van der Waals surface area contributed by atoms with Crippen LogP contribution in [0.1, 0.15) is 61.0 Å². The summed E-state index contributed by atoms with van der Waals surface area (Å²) in [6.45, 7) is 6.57. The molecule has 1 aliphatic carbocycles. The van der Waals surface area contributed by atoms with Gasteiger partial charge in [0.05, 0.1) is 0 Å². The van der Waals surface area contributed by atoms with Gasteiger partial charge in [-0.1, -0.05) is 85.6 Å². The number of allylic oxidation sites excluding steroid dienone is 2. The van der Waals surface area contributed by atoms with Gasteiger partial charge in [0, 0.05) is 26.9 Å². The van der Waals surface area contributed by atoms with Gasteiger partial charge in [0.15, 0.2) is 5.78 Å². The van der Waals surface area contributed by atoms with Gasteiger partial charge < -0.3 is 0 Å². The Morgan fingerprint density at radius 2 is 1.71 bits per heavy atom. The third-order valence-electron chi connectivity index (χ3n) is 4.87. The van der Waals surface area contributed by atoms with Crippen LogP contribution in [0, 0.1) is 0 Å². The summed E-state index contributed by atoms with van der Waals surface area (Å²) in [6.07, 6.45) is 4.23. The van der Waals surface area contributed by atoms with Gasteiger partial charge in [-0.3, -0.25) is 4.79 Å². The topological polar surface area (TPSA) is 17.1 Å². The number of benzene rings is 2. The van der Waals surface area contributed by atoms with Crippen molar-refractivity contribution in [3.8, 4) is 0 Å². The van der Waals surface area contributed by atoms with Crippen molar-refractivity contribution in [3.63, 3.8) is 0 Å². The van der Waals surface area contributed by atoms with Crippen molar-refractivity contribution >= 4 is 21.7 Å². The number of fused-ring (bicyclic) bond motifs is 1. The summed E-state index contributed by atoms with van der Waals surface area (Å²) in [6, 6.07) is 16.4. The number of Topliss-reactive ketones (excluding diaryl/α,β-unsaturated/α-hetero) is 1. The first kappa shape index (κ1) is 17.2. The Kier molecular flexibility index (Phi) is 4.78. The molecule has 0 saturated carbocycles. The minimum absolute atomic E-state index is 0.124. The Labute approximate surface area is 152 Å². The van der Waals surface area contributed by atoms with Gasteiger partial charge in [0.2, 0.25) is 0 Å². The van der Waals surface area contributed by atoms with E-state index in [2.05, 4.69) is 73.1 Å². The van der Waals surface area contributed by atoms with E-state index >= 15 is 0 Å². The highest BCUT2D eigenvalue weighted by Crippen LogP contribution is 2.41. The number of carbonyl (C=O) groups excluding carboxylic acids is 1. The summed E-state index contributed by atoms with van der Waals surface area (Å²) in [5.41, 5.74) is 4.03. The van der Waals surface area contributed by atoms with Crippen molar-refractivity contribution in [2.24, 2.45) is 0 Å². The maximum Gasteiger partial charge on any atom is 0.189 e. The largest absolute Gasteiger partial charge is 0.289 e. The van der Waals surface area contributed by atoms with Crippen LogP contribution in [0.25, 0.3) is 0 Å². The van der Waals surface area contributed by atoms with Crippen molar-refractivity contribution in [1.82, 2.24) is 0 Å². The molecule has 0 bridgehead atoms. The molecule has 0 aliphatic heterocycles. The molecule has 0 radical (unpaired) electrons. The van der Waals surface area contributed by atoms with Crippen molar-refractivity contribution in [2.75, 3.05) is 0 Å².